The van der Waals surface area contributed by atoms with Crippen LogP contribution >= 0.6 is 22.7 Å². The molecule has 2 aromatic rings. The van der Waals surface area contributed by atoms with Crippen molar-refractivity contribution >= 4 is 22.7 Å². The highest BCUT2D eigenvalue weighted by molar-refractivity contribution is 7.19. The van der Waals surface area contributed by atoms with Gasteiger partial charge in [0.25, 0.3) is 0 Å². The van der Waals surface area contributed by atoms with Gasteiger partial charge in [0, 0.05) is 0 Å². The standard InChI is InChI=1S/C6H3N2S2/c1-2-5(9-3-1)6-8-7-4-10-6/h1-3H. The van der Waals surface area contributed by atoms with E-state index in [2.05, 4.69) is 15.7 Å². The van der Waals surface area contributed by atoms with Gasteiger partial charge in [-0.05, 0) is 11.4 Å². The third-order valence-electron chi connectivity index (χ3n) is 1.06. The molecule has 0 aliphatic heterocycles. The lowest BCUT2D eigenvalue weighted by atomic mass is 10.5. The van der Waals surface area contributed by atoms with E-state index in [1.54, 1.807) is 11.3 Å². The van der Waals surface area contributed by atoms with Gasteiger partial charge in [0.1, 0.15) is 0 Å². The Hall–Kier alpha value is -0.740. The molecule has 0 saturated carbocycles. The Bertz CT molecular complexity index is 253. The molecule has 0 aliphatic carbocycles. The summed E-state index contributed by atoms with van der Waals surface area (Å²) in [6.07, 6.45) is 0. The fourth-order valence-electron chi connectivity index (χ4n) is 0.650. The van der Waals surface area contributed by atoms with E-state index in [0.717, 1.165) is 5.01 Å². The van der Waals surface area contributed by atoms with Crippen LogP contribution in [0.15, 0.2) is 17.5 Å². The lowest BCUT2D eigenvalue weighted by Crippen LogP contribution is -1.68. The van der Waals surface area contributed by atoms with E-state index in [1.807, 2.05) is 17.5 Å². The van der Waals surface area contributed by atoms with Gasteiger partial charge in [0.15, 0.2) is 10.5 Å². The van der Waals surface area contributed by atoms with Crippen LogP contribution in [0.2, 0.25) is 0 Å². The molecule has 49 valence electrons. The molecule has 0 amide bonds. The summed E-state index contributed by atoms with van der Waals surface area (Å²) in [6, 6.07) is 4.03. The molecular formula is C6H3N2S2. The lowest BCUT2D eigenvalue weighted by Gasteiger charge is -1.81. The van der Waals surface area contributed by atoms with Crippen molar-refractivity contribution in [2.75, 3.05) is 0 Å². The number of hydrogen-bond acceptors (Lipinski definition) is 4. The second-order valence-corrected chi connectivity index (χ2v) is 3.40. The van der Waals surface area contributed by atoms with E-state index < -0.39 is 0 Å². The van der Waals surface area contributed by atoms with Gasteiger partial charge in [-0.3, -0.25) is 0 Å². The van der Waals surface area contributed by atoms with Crippen molar-refractivity contribution in [3.63, 3.8) is 0 Å². The first-order chi connectivity index (χ1) is 4.97. The Balaban J connectivity index is 2.48. The van der Waals surface area contributed by atoms with Gasteiger partial charge in [-0.2, -0.15) is 0 Å². The molecule has 0 saturated heterocycles. The largest absolute Gasteiger partial charge is 0.178 e. The van der Waals surface area contributed by atoms with Crippen LogP contribution in [0.3, 0.4) is 0 Å². The average Bonchev–Trinajstić information content (AvgIpc) is 2.59. The second kappa shape index (κ2) is 2.48. The van der Waals surface area contributed by atoms with Crippen LogP contribution in [0.25, 0.3) is 9.88 Å². The fourth-order valence-corrected chi connectivity index (χ4v) is 1.94. The Morgan fingerprint density at radius 3 is 3.10 bits per heavy atom. The highest BCUT2D eigenvalue weighted by Gasteiger charge is 1.99. The molecule has 0 unspecified atom stereocenters. The number of thiophene rings is 1. The van der Waals surface area contributed by atoms with Crippen molar-refractivity contribution < 1.29 is 0 Å². The van der Waals surface area contributed by atoms with Gasteiger partial charge in [-0.1, -0.05) is 17.4 Å². The van der Waals surface area contributed by atoms with Crippen LogP contribution in [0.1, 0.15) is 0 Å². The zero-order chi connectivity index (χ0) is 6.81. The van der Waals surface area contributed by atoms with Gasteiger partial charge < -0.3 is 0 Å². The van der Waals surface area contributed by atoms with Crippen molar-refractivity contribution in [1.29, 1.82) is 0 Å². The SMILES string of the molecule is [c]1nnc(-c2cccs2)s1. The maximum atomic E-state index is 3.88. The Kier molecular flexibility index (Phi) is 1.49. The Labute approximate surface area is 66.2 Å². The average molecular weight is 167 g/mol. The minimum atomic E-state index is 0.954. The van der Waals surface area contributed by atoms with E-state index >= 15 is 0 Å². The summed E-state index contributed by atoms with van der Waals surface area (Å²) < 4.78 is 0. The van der Waals surface area contributed by atoms with E-state index in [1.165, 1.54) is 16.2 Å². The zero-order valence-corrected chi connectivity index (χ0v) is 6.58. The molecule has 1 radical (unpaired) electrons. The third kappa shape index (κ3) is 0.955. The number of hydrogen-bond donors (Lipinski definition) is 0. The summed E-state index contributed by atoms with van der Waals surface area (Å²) in [5.74, 6) is 0. The zero-order valence-electron chi connectivity index (χ0n) is 4.94. The number of nitrogens with zero attached hydrogens (tertiary/aromatic N) is 2. The van der Waals surface area contributed by atoms with Crippen LogP contribution < -0.4 is 0 Å². The molecule has 0 N–H and O–H groups in total. The first-order valence-corrected chi connectivity index (χ1v) is 4.40. The highest BCUT2D eigenvalue weighted by atomic mass is 32.1. The van der Waals surface area contributed by atoms with Gasteiger partial charge in [-0.15, -0.1) is 21.5 Å². The molecule has 2 aromatic heterocycles. The normalized spacial score (nSPS) is 10.0. The van der Waals surface area contributed by atoms with Gasteiger partial charge in [0.05, 0.1) is 4.88 Å². The minimum Gasteiger partial charge on any atom is -0.141 e. The van der Waals surface area contributed by atoms with E-state index in [-0.39, 0.29) is 0 Å². The molecule has 2 heterocycles. The molecule has 0 spiro atoms. The summed E-state index contributed by atoms with van der Waals surface area (Å²) in [5, 5.41) is 10.5. The van der Waals surface area contributed by atoms with Gasteiger partial charge >= 0.3 is 0 Å². The summed E-state index contributed by atoms with van der Waals surface area (Å²) in [7, 11) is 0. The second-order valence-electron chi connectivity index (χ2n) is 1.68. The van der Waals surface area contributed by atoms with E-state index in [4.69, 9.17) is 0 Å². The van der Waals surface area contributed by atoms with Gasteiger partial charge in [-0.25, -0.2) is 0 Å². The topological polar surface area (TPSA) is 25.8 Å². The predicted molar refractivity (Wildman–Crippen MR) is 42.1 cm³/mol. The Morgan fingerprint density at radius 2 is 2.50 bits per heavy atom. The molecule has 2 nitrogen and oxygen atoms in total. The van der Waals surface area contributed by atoms with Crippen molar-refractivity contribution in [3.05, 3.63) is 23.0 Å². The molecular weight excluding hydrogens is 164 g/mol. The van der Waals surface area contributed by atoms with E-state index in [0.29, 0.717) is 0 Å². The Morgan fingerprint density at radius 1 is 1.50 bits per heavy atom. The molecule has 4 heteroatoms. The molecule has 0 bridgehead atoms. The van der Waals surface area contributed by atoms with Crippen molar-refractivity contribution in [3.8, 4) is 9.88 Å². The third-order valence-corrected chi connectivity index (χ3v) is 2.73. The summed E-state index contributed by atoms with van der Waals surface area (Å²) in [4.78, 5) is 1.17. The molecule has 0 fully saturated rings. The van der Waals surface area contributed by atoms with Crippen LogP contribution in [0.4, 0.5) is 0 Å². The maximum absolute atomic E-state index is 3.88. The summed E-state index contributed by atoms with van der Waals surface area (Å²) >= 11 is 3.11. The fraction of sp³-hybridized carbons (Fsp3) is 0. The molecule has 0 aliphatic rings. The summed E-state index contributed by atoms with van der Waals surface area (Å²) in [6.45, 7) is 0. The van der Waals surface area contributed by atoms with Crippen molar-refractivity contribution in [1.82, 2.24) is 10.2 Å². The van der Waals surface area contributed by atoms with Crippen molar-refractivity contribution in [2.45, 2.75) is 0 Å². The van der Waals surface area contributed by atoms with Crippen LogP contribution in [-0.2, 0) is 0 Å². The number of aromatic nitrogens is 2. The van der Waals surface area contributed by atoms with Crippen LogP contribution in [0.5, 0.6) is 0 Å². The monoisotopic (exact) mass is 167 g/mol. The summed E-state index contributed by atoms with van der Waals surface area (Å²) in [5.41, 5.74) is 2.71. The first-order valence-electron chi connectivity index (χ1n) is 2.70. The molecule has 10 heavy (non-hydrogen) atoms. The maximum Gasteiger partial charge on any atom is 0.178 e. The molecule has 0 atom stereocenters. The number of rotatable bonds is 1. The first kappa shape index (κ1) is 6.00. The minimum absolute atomic E-state index is 0.954. The lowest BCUT2D eigenvalue weighted by molar-refractivity contribution is 1.09. The van der Waals surface area contributed by atoms with Crippen molar-refractivity contribution in [2.24, 2.45) is 0 Å². The highest BCUT2D eigenvalue weighted by Crippen LogP contribution is 2.24. The molecule has 2 rings (SSSR count). The van der Waals surface area contributed by atoms with Crippen LogP contribution in [-0.4, -0.2) is 10.2 Å². The van der Waals surface area contributed by atoms with Crippen LogP contribution in [0, 0.1) is 5.51 Å². The predicted octanol–water partition coefficient (Wildman–Crippen LogP) is 2.07. The smallest absolute Gasteiger partial charge is 0.141 e. The quantitative estimate of drug-likeness (QED) is 0.649. The van der Waals surface area contributed by atoms with Gasteiger partial charge in [0.2, 0.25) is 0 Å². The molecule has 0 aromatic carbocycles. The van der Waals surface area contributed by atoms with E-state index in [9.17, 15) is 0 Å².